The second-order valence-electron chi connectivity index (χ2n) is 4.11. The molecule has 5 heteroatoms. The molecule has 2 aromatic carbocycles. The summed E-state index contributed by atoms with van der Waals surface area (Å²) >= 11 is 5.97. The average Bonchev–Trinajstić information content (AvgIpc) is 2.47. The predicted octanol–water partition coefficient (Wildman–Crippen LogP) is 2.73. The summed E-state index contributed by atoms with van der Waals surface area (Å²) in [6.45, 7) is -0.112. The Morgan fingerprint density at radius 3 is 2.25 bits per heavy atom. The van der Waals surface area contributed by atoms with Gasteiger partial charge >= 0.3 is 0 Å². The normalized spacial score (nSPS) is 10.1. The lowest BCUT2D eigenvalue weighted by Gasteiger charge is -2.10. The van der Waals surface area contributed by atoms with Crippen LogP contribution in [-0.4, -0.2) is 18.2 Å². The van der Waals surface area contributed by atoms with E-state index in [1.807, 2.05) is 0 Å². The standard InChI is InChI=1S/C15H13ClN2O2/c16-12-7-3-1-5-10(12)15(20)18-13-8-4-2-6-11(13)14(19)9-17/h1-8H,9,17H2,(H,18,20). The second-order valence-corrected chi connectivity index (χ2v) is 4.51. The molecule has 0 spiro atoms. The smallest absolute Gasteiger partial charge is 0.257 e. The zero-order valence-electron chi connectivity index (χ0n) is 10.6. The van der Waals surface area contributed by atoms with Gasteiger partial charge < -0.3 is 11.1 Å². The fraction of sp³-hybridized carbons (Fsp3) is 0.0667. The highest BCUT2D eigenvalue weighted by Gasteiger charge is 2.14. The fourth-order valence-corrected chi connectivity index (χ4v) is 2.00. The molecule has 2 rings (SSSR count). The number of carbonyl (C=O) groups excluding carboxylic acids is 2. The third-order valence-corrected chi connectivity index (χ3v) is 3.11. The maximum atomic E-state index is 12.2. The number of hydrogen-bond donors (Lipinski definition) is 2. The van der Waals surface area contributed by atoms with E-state index in [1.54, 1.807) is 48.5 Å². The van der Waals surface area contributed by atoms with E-state index in [4.69, 9.17) is 17.3 Å². The predicted molar refractivity (Wildman–Crippen MR) is 79.2 cm³/mol. The van der Waals surface area contributed by atoms with Crippen molar-refractivity contribution < 1.29 is 9.59 Å². The molecule has 2 aromatic rings. The van der Waals surface area contributed by atoms with Crippen LogP contribution in [-0.2, 0) is 0 Å². The van der Waals surface area contributed by atoms with Crippen LogP contribution >= 0.6 is 11.6 Å². The molecule has 0 fully saturated rings. The van der Waals surface area contributed by atoms with Crippen molar-refractivity contribution in [1.82, 2.24) is 0 Å². The summed E-state index contributed by atoms with van der Waals surface area (Å²) < 4.78 is 0. The Morgan fingerprint density at radius 1 is 1.00 bits per heavy atom. The highest BCUT2D eigenvalue weighted by molar-refractivity contribution is 6.34. The van der Waals surface area contributed by atoms with Crippen LogP contribution in [0.4, 0.5) is 5.69 Å². The molecule has 0 heterocycles. The number of nitrogens with one attached hydrogen (secondary N) is 1. The molecular formula is C15H13ClN2O2. The average molecular weight is 289 g/mol. The van der Waals surface area contributed by atoms with Crippen molar-refractivity contribution in [1.29, 1.82) is 0 Å². The van der Waals surface area contributed by atoms with Crippen molar-refractivity contribution in [2.45, 2.75) is 0 Å². The molecule has 0 unspecified atom stereocenters. The van der Waals surface area contributed by atoms with Gasteiger partial charge in [-0.15, -0.1) is 0 Å². The van der Waals surface area contributed by atoms with Gasteiger partial charge in [0.25, 0.3) is 5.91 Å². The molecule has 20 heavy (non-hydrogen) atoms. The number of halogens is 1. The van der Waals surface area contributed by atoms with Crippen LogP contribution in [0.15, 0.2) is 48.5 Å². The summed E-state index contributed by atoms with van der Waals surface area (Å²) in [7, 11) is 0. The summed E-state index contributed by atoms with van der Waals surface area (Å²) in [6.07, 6.45) is 0. The zero-order chi connectivity index (χ0) is 14.5. The number of ketones is 1. The van der Waals surface area contributed by atoms with Gasteiger partial charge in [0.2, 0.25) is 0 Å². The number of para-hydroxylation sites is 1. The molecule has 3 N–H and O–H groups in total. The number of hydrogen-bond acceptors (Lipinski definition) is 3. The number of carbonyl (C=O) groups is 2. The number of nitrogens with two attached hydrogens (primary N) is 1. The van der Waals surface area contributed by atoms with E-state index < -0.39 is 0 Å². The molecule has 0 saturated carbocycles. The van der Waals surface area contributed by atoms with Crippen LogP contribution in [0.1, 0.15) is 20.7 Å². The minimum atomic E-state index is -0.368. The largest absolute Gasteiger partial charge is 0.324 e. The van der Waals surface area contributed by atoms with Gasteiger partial charge in [-0.25, -0.2) is 0 Å². The molecule has 0 atom stereocenters. The maximum Gasteiger partial charge on any atom is 0.257 e. The topological polar surface area (TPSA) is 72.2 Å². The SMILES string of the molecule is NCC(=O)c1ccccc1NC(=O)c1ccccc1Cl. The zero-order valence-corrected chi connectivity index (χ0v) is 11.4. The van der Waals surface area contributed by atoms with Gasteiger partial charge in [0.05, 0.1) is 22.8 Å². The van der Waals surface area contributed by atoms with Gasteiger partial charge in [-0.3, -0.25) is 9.59 Å². The van der Waals surface area contributed by atoms with Crippen LogP contribution in [0.3, 0.4) is 0 Å². The van der Waals surface area contributed by atoms with E-state index in [0.717, 1.165) is 0 Å². The summed E-state index contributed by atoms with van der Waals surface area (Å²) in [5.41, 5.74) is 6.52. The minimum Gasteiger partial charge on any atom is -0.324 e. The Bertz CT molecular complexity index is 656. The summed E-state index contributed by atoms with van der Waals surface area (Å²) in [6, 6.07) is 13.4. The van der Waals surface area contributed by atoms with Gasteiger partial charge in [0, 0.05) is 5.56 Å². The first-order valence-corrected chi connectivity index (χ1v) is 6.39. The monoisotopic (exact) mass is 288 g/mol. The molecule has 4 nitrogen and oxygen atoms in total. The van der Waals surface area contributed by atoms with E-state index in [9.17, 15) is 9.59 Å². The number of Topliss-reactive ketones (excluding diaryl/α,β-unsaturated/α-hetero) is 1. The molecule has 0 aliphatic carbocycles. The third-order valence-electron chi connectivity index (χ3n) is 2.78. The first-order valence-electron chi connectivity index (χ1n) is 6.01. The Balaban J connectivity index is 2.29. The number of rotatable bonds is 4. The second kappa shape index (κ2) is 6.32. The molecule has 0 bridgehead atoms. The highest BCUT2D eigenvalue weighted by atomic mass is 35.5. The van der Waals surface area contributed by atoms with E-state index in [2.05, 4.69) is 5.32 Å². The number of benzene rings is 2. The lowest BCUT2D eigenvalue weighted by Crippen LogP contribution is -2.18. The van der Waals surface area contributed by atoms with E-state index in [1.165, 1.54) is 0 Å². The lowest BCUT2D eigenvalue weighted by atomic mass is 10.1. The van der Waals surface area contributed by atoms with Crippen molar-refractivity contribution in [3.63, 3.8) is 0 Å². The van der Waals surface area contributed by atoms with Crippen molar-refractivity contribution in [2.75, 3.05) is 11.9 Å². The van der Waals surface area contributed by atoms with Gasteiger partial charge in [0.1, 0.15) is 0 Å². The molecule has 0 saturated heterocycles. The summed E-state index contributed by atoms with van der Waals surface area (Å²) in [5.74, 6) is -0.604. The first kappa shape index (κ1) is 14.2. The van der Waals surface area contributed by atoms with Crippen molar-refractivity contribution in [3.8, 4) is 0 Å². The van der Waals surface area contributed by atoms with Crippen molar-refractivity contribution >= 4 is 29.0 Å². The Labute approximate surface area is 121 Å². The maximum absolute atomic E-state index is 12.2. The van der Waals surface area contributed by atoms with E-state index in [-0.39, 0.29) is 18.2 Å². The molecule has 0 radical (unpaired) electrons. The third kappa shape index (κ3) is 3.04. The first-order chi connectivity index (χ1) is 9.63. The highest BCUT2D eigenvalue weighted by Crippen LogP contribution is 2.20. The van der Waals surface area contributed by atoms with Crippen molar-refractivity contribution in [2.24, 2.45) is 5.73 Å². The van der Waals surface area contributed by atoms with Crippen LogP contribution in [0.5, 0.6) is 0 Å². The summed E-state index contributed by atoms with van der Waals surface area (Å²) in [4.78, 5) is 23.9. The molecule has 102 valence electrons. The van der Waals surface area contributed by atoms with Crippen LogP contribution in [0.2, 0.25) is 5.02 Å². The van der Waals surface area contributed by atoms with Crippen LogP contribution < -0.4 is 11.1 Å². The summed E-state index contributed by atoms with van der Waals surface area (Å²) in [5, 5.41) is 3.04. The van der Waals surface area contributed by atoms with Gasteiger partial charge in [0.15, 0.2) is 5.78 Å². The minimum absolute atomic E-state index is 0.112. The molecular weight excluding hydrogens is 276 g/mol. The molecule has 1 amide bonds. The molecule has 0 aliphatic rings. The number of anilines is 1. The van der Waals surface area contributed by atoms with E-state index >= 15 is 0 Å². The van der Waals surface area contributed by atoms with Crippen LogP contribution in [0, 0.1) is 0 Å². The van der Waals surface area contributed by atoms with Gasteiger partial charge in [-0.2, -0.15) is 0 Å². The van der Waals surface area contributed by atoms with Crippen LogP contribution in [0.25, 0.3) is 0 Å². The Morgan fingerprint density at radius 2 is 1.60 bits per heavy atom. The Kier molecular flexibility index (Phi) is 4.50. The number of amides is 1. The quantitative estimate of drug-likeness (QED) is 0.850. The fourth-order valence-electron chi connectivity index (χ4n) is 1.78. The Hall–Kier alpha value is -2.17. The van der Waals surface area contributed by atoms with E-state index in [0.29, 0.717) is 21.8 Å². The van der Waals surface area contributed by atoms with Gasteiger partial charge in [-0.1, -0.05) is 35.9 Å². The van der Waals surface area contributed by atoms with Crippen molar-refractivity contribution in [3.05, 3.63) is 64.7 Å². The lowest BCUT2D eigenvalue weighted by molar-refractivity contribution is 0.100. The van der Waals surface area contributed by atoms with Gasteiger partial charge in [-0.05, 0) is 24.3 Å². The molecule has 0 aromatic heterocycles. The molecule has 0 aliphatic heterocycles.